The van der Waals surface area contributed by atoms with Gasteiger partial charge in [0.05, 0.1) is 14.7 Å². The van der Waals surface area contributed by atoms with Crippen LogP contribution in [-0.2, 0) is 9.47 Å². The molecule has 1 atom stereocenters. The van der Waals surface area contributed by atoms with Crippen LogP contribution in [0.5, 0.6) is 0 Å². The van der Waals surface area contributed by atoms with Crippen LogP contribution in [0, 0.1) is 11.8 Å². The minimum Gasteiger partial charge on any atom is -0.444 e. The van der Waals surface area contributed by atoms with Gasteiger partial charge in [0.1, 0.15) is 17.4 Å². The third-order valence-corrected chi connectivity index (χ3v) is 4.20. The van der Waals surface area contributed by atoms with Crippen LogP contribution in [0.15, 0.2) is 0 Å². The molecule has 0 aromatic carbocycles. The highest BCUT2D eigenvalue weighted by Gasteiger charge is 2.45. The lowest BCUT2D eigenvalue weighted by atomic mass is 10.2. The van der Waals surface area contributed by atoms with Crippen molar-refractivity contribution in [3.05, 3.63) is 0 Å². The van der Waals surface area contributed by atoms with Crippen molar-refractivity contribution in [2.45, 2.75) is 77.7 Å². The molecule has 0 aromatic rings. The Morgan fingerprint density at radius 1 is 1.38 bits per heavy atom. The van der Waals surface area contributed by atoms with Crippen LogP contribution in [0.1, 0.15) is 34.6 Å². The van der Waals surface area contributed by atoms with Crippen molar-refractivity contribution in [1.82, 2.24) is 4.90 Å². The molecule has 1 fully saturated rings. The van der Waals surface area contributed by atoms with E-state index < -0.39 is 19.4 Å². The average Bonchev–Trinajstić information content (AvgIpc) is 2.49. The Balaban J connectivity index is 2.87. The summed E-state index contributed by atoms with van der Waals surface area (Å²) >= 11 is 0. The van der Waals surface area contributed by atoms with Gasteiger partial charge in [-0.15, -0.1) is 5.92 Å². The second-order valence-corrected chi connectivity index (χ2v) is 13.7. The van der Waals surface area contributed by atoms with E-state index in [0.717, 1.165) is 6.04 Å². The second-order valence-electron chi connectivity index (χ2n) is 8.18. The molecule has 0 N–H and O–H groups in total. The molecule has 0 saturated carbocycles. The molecule has 1 rings (SSSR count). The molecule has 0 spiro atoms. The van der Waals surface area contributed by atoms with Crippen LogP contribution in [-0.4, -0.2) is 43.0 Å². The first kappa shape index (κ1) is 18.1. The summed E-state index contributed by atoms with van der Waals surface area (Å²) in [7, 11) is -1.20. The number of nitrogens with zero attached hydrogens (tertiary/aromatic N) is 1. The Bertz CT molecular complexity index is 449. The summed E-state index contributed by atoms with van der Waals surface area (Å²) in [5, 5.41) is 0. The van der Waals surface area contributed by atoms with Crippen molar-refractivity contribution in [3.8, 4) is 11.8 Å². The van der Waals surface area contributed by atoms with Gasteiger partial charge in [-0.05, 0) is 34.6 Å². The summed E-state index contributed by atoms with van der Waals surface area (Å²) in [4.78, 5) is 14.0. The van der Waals surface area contributed by atoms with E-state index in [4.69, 9.17) is 9.47 Å². The number of carbonyl (C=O) groups is 1. The van der Waals surface area contributed by atoms with Crippen molar-refractivity contribution in [2.24, 2.45) is 0 Å². The number of hydrogen-bond donors (Lipinski definition) is 0. The fourth-order valence-electron chi connectivity index (χ4n) is 2.00. The highest BCUT2D eigenvalue weighted by Crippen LogP contribution is 2.29. The molecule has 1 aliphatic rings. The molecule has 5 heteroatoms. The van der Waals surface area contributed by atoms with E-state index in [1.165, 1.54) is 0 Å². The van der Waals surface area contributed by atoms with Crippen LogP contribution in [0.2, 0.25) is 25.7 Å². The Labute approximate surface area is 130 Å². The third kappa shape index (κ3) is 5.72. The van der Waals surface area contributed by atoms with E-state index in [2.05, 4.69) is 31.5 Å². The summed E-state index contributed by atoms with van der Waals surface area (Å²) in [6.45, 7) is 16.6. The van der Waals surface area contributed by atoms with Crippen LogP contribution in [0.4, 0.5) is 4.79 Å². The largest absolute Gasteiger partial charge is 0.444 e. The first-order chi connectivity index (χ1) is 9.32. The normalized spacial score (nSPS) is 21.7. The third-order valence-electron chi connectivity index (χ3n) is 2.96. The zero-order chi connectivity index (χ0) is 16.5. The smallest absolute Gasteiger partial charge is 0.413 e. The van der Waals surface area contributed by atoms with Gasteiger partial charge in [-0.3, -0.25) is 4.90 Å². The Kier molecular flexibility index (Phi) is 5.17. The molecule has 120 valence electrons. The lowest BCUT2D eigenvalue weighted by Crippen LogP contribution is -2.49. The van der Waals surface area contributed by atoms with Crippen LogP contribution in [0.3, 0.4) is 0 Å². The van der Waals surface area contributed by atoms with Crippen LogP contribution >= 0.6 is 0 Å². The number of hydrogen-bond acceptors (Lipinski definition) is 3. The van der Waals surface area contributed by atoms with Gasteiger partial charge in [-0.2, -0.15) is 0 Å². The lowest BCUT2D eigenvalue weighted by molar-refractivity contribution is -0.0608. The van der Waals surface area contributed by atoms with Gasteiger partial charge in [0.25, 0.3) is 0 Å². The van der Waals surface area contributed by atoms with Gasteiger partial charge in [-0.25, -0.2) is 4.79 Å². The van der Waals surface area contributed by atoms with Gasteiger partial charge in [0.2, 0.25) is 0 Å². The highest BCUT2D eigenvalue weighted by molar-refractivity contribution is 6.76. The fraction of sp³-hybridized carbons (Fsp3) is 0.812. The second kappa shape index (κ2) is 6.02. The van der Waals surface area contributed by atoms with E-state index in [1.54, 1.807) is 4.90 Å². The van der Waals surface area contributed by atoms with E-state index in [-0.39, 0.29) is 12.1 Å². The quantitative estimate of drug-likeness (QED) is 0.547. The number of carbonyl (C=O) groups excluding carboxylic acids is 1. The van der Waals surface area contributed by atoms with Crippen molar-refractivity contribution in [1.29, 1.82) is 0 Å². The SMILES string of the molecule is CC(C)(C)OC(=O)N1[C@H](C#CC[Si](C)(C)C)COC1(C)C. The van der Waals surface area contributed by atoms with Gasteiger partial charge in [-0.1, -0.05) is 25.6 Å². The fourth-order valence-corrected chi connectivity index (χ4v) is 2.63. The van der Waals surface area contributed by atoms with Crippen LogP contribution in [0.25, 0.3) is 0 Å². The topological polar surface area (TPSA) is 38.8 Å². The molecule has 1 heterocycles. The molecule has 1 amide bonds. The maximum Gasteiger partial charge on any atom is 0.413 e. The van der Waals surface area contributed by atoms with Gasteiger partial charge < -0.3 is 9.47 Å². The summed E-state index contributed by atoms with van der Waals surface area (Å²) in [5.41, 5.74) is -1.20. The predicted molar refractivity (Wildman–Crippen MR) is 87.8 cm³/mol. The maximum absolute atomic E-state index is 12.4. The van der Waals surface area contributed by atoms with E-state index in [1.807, 2.05) is 34.6 Å². The van der Waals surface area contributed by atoms with Gasteiger partial charge in [0, 0.05) is 6.04 Å². The van der Waals surface area contributed by atoms with Crippen molar-refractivity contribution < 1.29 is 14.3 Å². The standard InChI is InChI=1S/C16H29NO3Si/c1-15(2,3)20-14(18)17-13(12-19-16(17,4)5)10-9-11-21(6,7)8/h13H,11-12H2,1-8H3/t13-/m1/s1. The maximum atomic E-state index is 12.4. The number of rotatable bonds is 1. The summed E-state index contributed by atoms with van der Waals surface area (Å²) in [6.07, 6.45) is -0.364. The van der Waals surface area contributed by atoms with Crippen molar-refractivity contribution in [2.75, 3.05) is 6.61 Å². The molecule has 4 nitrogen and oxygen atoms in total. The Hall–Kier alpha value is -0.993. The van der Waals surface area contributed by atoms with Gasteiger partial charge in [0.15, 0.2) is 0 Å². The molecular formula is C16H29NO3Si. The summed E-state index contributed by atoms with van der Waals surface area (Å²) in [5.74, 6) is 6.43. The minimum atomic E-state index is -1.20. The molecule has 0 aliphatic carbocycles. The molecular weight excluding hydrogens is 282 g/mol. The molecule has 0 bridgehead atoms. The predicted octanol–water partition coefficient (Wildman–Crippen LogP) is 3.70. The number of amides is 1. The molecule has 1 aliphatic heterocycles. The van der Waals surface area contributed by atoms with E-state index in [9.17, 15) is 4.79 Å². The first-order valence-corrected chi connectivity index (χ1v) is 11.2. The van der Waals surface area contributed by atoms with Gasteiger partial charge >= 0.3 is 6.09 Å². The average molecular weight is 311 g/mol. The molecule has 0 radical (unpaired) electrons. The zero-order valence-electron chi connectivity index (χ0n) is 14.7. The molecule has 0 unspecified atom stereocenters. The van der Waals surface area contributed by atoms with Crippen molar-refractivity contribution >= 4 is 14.2 Å². The Morgan fingerprint density at radius 3 is 2.43 bits per heavy atom. The molecule has 1 saturated heterocycles. The minimum absolute atomic E-state index is 0.230. The first-order valence-electron chi connectivity index (χ1n) is 7.46. The highest BCUT2D eigenvalue weighted by atomic mass is 28.3. The van der Waals surface area contributed by atoms with E-state index in [0.29, 0.717) is 6.61 Å². The molecule has 0 aromatic heterocycles. The Morgan fingerprint density at radius 2 is 1.95 bits per heavy atom. The molecule has 21 heavy (non-hydrogen) atoms. The lowest BCUT2D eigenvalue weighted by Gasteiger charge is -2.33. The summed E-state index contributed by atoms with van der Waals surface area (Å²) in [6, 6.07) is 0.692. The number of ether oxygens (including phenoxy) is 2. The monoisotopic (exact) mass is 311 g/mol. The summed E-state index contributed by atoms with van der Waals surface area (Å²) < 4.78 is 11.2. The van der Waals surface area contributed by atoms with Crippen LogP contribution < -0.4 is 0 Å². The van der Waals surface area contributed by atoms with Crippen molar-refractivity contribution in [3.63, 3.8) is 0 Å². The zero-order valence-corrected chi connectivity index (χ0v) is 15.7. The van der Waals surface area contributed by atoms with E-state index >= 15 is 0 Å².